The highest BCUT2D eigenvalue weighted by Crippen LogP contribution is 2.26. The molecule has 0 aromatic carbocycles. The van der Waals surface area contributed by atoms with Crippen molar-refractivity contribution in [3.63, 3.8) is 0 Å². The van der Waals surface area contributed by atoms with Gasteiger partial charge in [-0.1, -0.05) is 18.5 Å². The summed E-state index contributed by atoms with van der Waals surface area (Å²) in [5.41, 5.74) is -0.291. The van der Waals surface area contributed by atoms with Crippen LogP contribution in [0, 0.1) is 0 Å². The smallest absolute Gasteiger partial charge is 0.115 e. The van der Waals surface area contributed by atoms with Gasteiger partial charge in [-0.3, -0.25) is 0 Å². The second-order valence-electron chi connectivity index (χ2n) is 3.83. The number of aliphatic hydroxyl groups excluding tert-OH is 1. The zero-order chi connectivity index (χ0) is 12.0. The Hall–Kier alpha value is -0.290. The van der Waals surface area contributed by atoms with Crippen LogP contribution in [0.4, 0.5) is 0 Å². The summed E-state index contributed by atoms with van der Waals surface area (Å²) in [6.07, 6.45) is 1.72. The van der Waals surface area contributed by atoms with E-state index in [-0.39, 0.29) is 12.1 Å². The third-order valence-corrected chi connectivity index (χ3v) is 4.00. The molecule has 1 rings (SSSR count). The first-order valence-electron chi connectivity index (χ1n) is 5.20. The van der Waals surface area contributed by atoms with E-state index in [9.17, 15) is 5.11 Å². The maximum absolute atomic E-state index is 9.33. The number of hydrogen-bond acceptors (Lipinski definition) is 4. The van der Waals surface area contributed by atoms with Gasteiger partial charge in [-0.2, -0.15) is 0 Å². The molecule has 16 heavy (non-hydrogen) atoms. The lowest BCUT2D eigenvalue weighted by atomic mass is 10.1. The van der Waals surface area contributed by atoms with Crippen LogP contribution >= 0.6 is 23.4 Å². The Morgan fingerprint density at radius 3 is 2.94 bits per heavy atom. The van der Waals surface area contributed by atoms with Crippen molar-refractivity contribution < 1.29 is 5.11 Å². The average Bonchev–Trinajstić information content (AvgIpc) is 2.28. The Balaban J connectivity index is 2.59. The van der Waals surface area contributed by atoms with E-state index in [0.717, 1.165) is 17.3 Å². The zero-order valence-electron chi connectivity index (χ0n) is 9.53. The SMILES string of the molecule is CCNC(C)(CO)CSc1ncccc1Cl. The van der Waals surface area contributed by atoms with Gasteiger partial charge in [-0.25, -0.2) is 4.98 Å². The number of aliphatic hydroxyl groups is 1. The summed E-state index contributed by atoms with van der Waals surface area (Å²) >= 11 is 7.56. The highest BCUT2D eigenvalue weighted by atomic mass is 35.5. The van der Waals surface area contributed by atoms with Gasteiger partial charge >= 0.3 is 0 Å². The van der Waals surface area contributed by atoms with Crippen molar-refractivity contribution in [3.8, 4) is 0 Å². The van der Waals surface area contributed by atoms with Gasteiger partial charge in [0.15, 0.2) is 0 Å². The minimum absolute atomic E-state index is 0.0955. The Labute approximate surface area is 106 Å². The van der Waals surface area contributed by atoms with Gasteiger partial charge < -0.3 is 10.4 Å². The van der Waals surface area contributed by atoms with Gasteiger partial charge in [-0.15, -0.1) is 11.8 Å². The van der Waals surface area contributed by atoms with Crippen LogP contribution in [0.2, 0.25) is 5.02 Å². The first-order chi connectivity index (χ1) is 7.61. The van der Waals surface area contributed by atoms with E-state index in [1.807, 2.05) is 26.0 Å². The number of aromatic nitrogens is 1. The van der Waals surface area contributed by atoms with Crippen LogP contribution in [0.15, 0.2) is 23.4 Å². The summed E-state index contributed by atoms with van der Waals surface area (Å²) in [5, 5.41) is 14.1. The number of nitrogens with one attached hydrogen (secondary N) is 1. The van der Waals surface area contributed by atoms with Crippen LogP contribution < -0.4 is 5.32 Å². The lowest BCUT2D eigenvalue weighted by molar-refractivity contribution is 0.194. The van der Waals surface area contributed by atoms with Gasteiger partial charge in [0.25, 0.3) is 0 Å². The molecule has 0 aliphatic heterocycles. The summed E-state index contributed by atoms with van der Waals surface area (Å²) in [6, 6.07) is 3.63. The molecule has 1 unspecified atom stereocenters. The molecule has 0 amide bonds. The number of thioether (sulfide) groups is 1. The molecule has 0 saturated heterocycles. The summed E-state index contributed by atoms with van der Waals surface area (Å²) in [7, 11) is 0. The van der Waals surface area contributed by atoms with Gasteiger partial charge in [0.2, 0.25) is 0 Å². The quantitative estimate of drug-likeness (QED) is 0.770. The second-order valence-corrected chi connectivity index (χ2v) is 5.20. The third-order valence-electron chi connectivity index (χ3n) is 2.20. The fraction of sp³-hybridized carbons (Fsp3) is 0.545. The molecule has 0 bridgehead atoms. The number of likely N-dealkylation sites (N-methyl/N-ethyl adjacent to an activating group) is 1. The molecular formula is C11H17ClN2OS. The zero-order valence-corrected chi connectivity index (χ0v) is 11.1. The standard InChI is InChI=1S/C11H17ClN2OS/c1-3-14-11(2,7-15)8-16-10-9(12)5-4-6-13-10/h4-6,14-15H,3,7-8H2,1-2H3. The van der Waals surface area contributed by atoms with Crippen molar-refractivity contribution in [1.82, 2.24) is 10.3 Å². The normalized spacial score (nSPS) is 14.8. The number of halogens is 1. The van der Waals surface area contributed by atoms with E-state index in [1.165, 1.54) is 0 Å². The van der Waals surface area contributed by atoms with Gasteiger partial charge in [-0.05, 0) is 25.6 Å². The third kappa shape index (κ3) is 3.94. The van der Waals surface area contributed by atoms with Gasteiger partial charge in [0.1, 0.15) is 5.03 Å². The number of nitrogens with zero attached hydrogens (tertiary/aromatic N) is 1. The Bertz CT molecular complexity index is 338. The molecule has 2 N–H and O–H groups in total. The van der Waals surface area contributed by atoms with Crippen molar-refractivity contribution in [3.05, 3.63) is 23.4 Å². The minimum Gasteiger partial charge on any atom is -0.394 e. The lowest BCUT2D eigenvalue weighted by Gasteiger charge is -2.27. The molecule has 1 heterocycles. The first kappa shape index (κ1) is 13.8. The highest BCUT2D eigenvalue weighted by molar-refractivity contribution is 7.99. The summed E-state index contributed by atoms with van der Waals surface area (Å²) < 4.78 is 0. The summed E-state index contributed by atoms with van der Waals surface area (Å²) in [5.74, 6) is 0.730. The molecule has 0 spiro atoms. The number of rotatable bonds is 6. The molecule has 1 aromatic heterocycles. The Morgan fingerprint density at radius 2 is 2.38 bits per heavy atom. The van der Waals surface area contributed by atoms with Gasteiger partial charge in [0.05, 0.1) is 11.6 Å². The molecule has 0 radical (unpaired) electrons. The monoisotopic (exact) mass is 260 g/mol. The molecule has 1 aromatic rings. The van der Waals surface area contributed by atoms with E-state index < -0.39 is 0 Å². The molecule has 1 atom stereocenters. The molecule has 0 aliphatic rings. The van der Waals surface area contributed by atoms with E-state index in [1.54, 1.807) is 18.0 Å². The summed E-state index contributed by atoms with van der Waals surface area (Å²) in [4.78, 5) is 4.20. The topological polar surface area (TPSA) is 45.1 Å². The lowest BCUT2D eigenvalue weighted by Crippen LogP contribution is -2.47. The van der Waals surface area contributed by atoms with Crippen LogP contribution in [0.5, 0.6) is 0 Å². The first-order valence-corrected chi connectivity index (χ1v) is 6.57. The largest absolute Gasteiger partial charge is 0.394 e. The predicted molar refractivity (Wildman–Crippen MR) is 69.1 cm³/mol. The van der Waals surface area contributed by atoms with Crippen molar-refractivity contribution >= 4 is 23.4 Å². The fourth-order valence-electron chi connectivity index (χ4n) is 1.28. The fourth-order valence-corrected chi connectivity index (χ4v) is 2.56. The van der Waals surface area contributed by atoms with Crippen molar-refractivity contribution in [1.29, 1.82) is 0 Å². The highest BCUT2D eigenvalue weighted by Gasteiger charge is 2.22. The molecular weight excluding hydrogens is 244 g/mol. The molecule has 5 heteroatoms. The Morgan fingerprint density at radius 1 is 1.62 bits per heavy atom. The minimum atomic E-state index is -0.291. The Kier molecular flexibility index (Phi) is 5.55. The maximum Gasteiger partial charge on any atom is 0.115 e. The van der Waals surface area contributed by atoms with Crippen LogP contribution in [-0.2, 0) is 0 Å². The van der Waals surface area contributed by atoms with Crippen LogP contribution in [0.3, 0.4) is 0 Å². The number of hydrogen-bond donors (Lipinski definition) is 2. The van der Waals surface area contributed by atoms with Crippen molar-refractivity contribution in [2.24, 2.45) is 0 Å². The summed E-state index contributed by atoms with van der Waals surface area (Å²) in [6.45, 7) is 4.93. The van der Waals surface area contributed by atoms with Crippen molar-refractivity contribution in [2.75, 3.05) is 18.9 Å². The molecule has 0 fully saturated rings. The average molecular weight is 261 g/mol. The van der Waals surface area contributed by atoms with Crippen LogP contribution in [0.1, 0.15) is 13.8 Å². The second kappa shape index (κ2) is 6.45. The van der Waals surface area contributed by atoms with Crippen molar-refractivity contribution in [2.45, 2.75) is 24.4 Å². The molecule has 3 nitrogen and oxygen atoms in total. The molecule has 90 valence electrons. The molecule has 0 saturated carbocycles. The predicted octanol–water partition coefficient (Wildman–Crippen LogP) is 2.19. The van der Waals surface area contributed by atoms with Gasteiger partial charge in [0, 0.05) is 17.5 Å². The molecule has 0 aliphatic carbocycles. The van der Waals surface area contributed by atoms with E-state index in [0.29, 0.717) is 5.02 Å². The number of pyridine rings is 1. The maximum atomic E-state index is 9.33. The van der Waals surface area contributed by atoms with Crippen LogP contribution in [0.25, 0.3) is 0 Å². The van der Waals surface area contributed by atoms with E-state index >= 15 is 0 Å². The van der Waals surface area contributed by atoms with E-state index in [4.69, 9.17) is 11.6 Å². The van der Waals surface area contributed by atoms with Crippen LogP contribution in [-0.4, -0.2) is 34.5 Å². The van der Waals surface area contributed by atoms with E-state index in [2.05, 4.69) is 10.3 Å².